The minimum atomic E-state index is -3.63. The molecule has 24 heavy (non-hydrogen) atoms. The third-order valence-electron chi connectivity index (χ3n) is 3.97. The van der Waals surface area contributed by atoms with E-state index in [0.717, 1.165) is 5.56 Å². The number of hydrogen-bond donors (Lipinski definition) is 1. The summed E-state index contributed by atoms with van der Waals surface area (Å²) in [4.78, 5) is 10.2. The molecule has 7 nitrogen and oxygen atoms in total. The van der Waals surface area contributed by atoms with E-state index < -0.39 is 14.9 Å². The molecule has 1 aliphatic heterocycles. The molecule has 0 saturated carbocycles. The maximum atomic E-state index is 12.8. The second-order valence-corrected chi connectivity index (χ2v) is 7.70. The molecule has 0 bridgehead atoms. The Labute approximate surface area is 139 Å². The third-order valence-corrected chi connectivity index (χ3v) is 5.69. The monoisotopic (exact) mass is 347 g/mol. The Hall–Kier alpha value is -2.45. The van der Waals surface area contributed by atoms with Crippen LogP contribution in [0, 0.1) is 10.1 Å². The van der Waals surface area contributed by atoms with Crippen LogP contribution in [0.3, 0.4) is 0 Å². The second kappa shape index (κ2) is 6.21. The predicted molar refractivity (Wildman–Crippen MR) is 91.2 cm³/mol. The lowest BCUT2D eigenvalue weighted by atomic mass is 10.0. The summed E-state index contributed by atoms with van der Waals surface area (Å²) in [6.45, 7) is 0.229. The largest absolute Gasteiger partial charge is 0.326 e. The lowest BCUT2D eigenvalue weighted by Gasteiger charge is -2.33. The molecule has 1 heterocycles. The first kappa shape index (κ1) is 16.4. The fourth-order valence-corrected chi connectivity index (χ4v) is 4.52. The van der Waals surface area contributed by atoms with Crippen molar-refractivity contribution in [2.75, 3.05) is 10.8 Å². The Morgan fingerprint density at radius 2 is 1.83 bits per heavy atom. The average Bonchev–Trinajstić information content (AvgIpc) is 2.54. The summed E-state index contributed by atoms with van der Waals surface area (Å²) in [7, 11) is -3.63. The third kappa shape index (κ3) is 3.24. The number of nitrogens with two attached hydrogens (primary N) is 1. The molecule has 2 aromatic carbocycles. The minimum Gasteiger partial charge on any atom is -0.326 e. The molecule has 0 spiro atoms. The zero-order valence-electron chi connectivity index (χ0n) is 12.8. The van der Waals surface area contributed by atoms with E-state index in [1.165, 1.54) is 28.6 Å². The van der Waals surface area contributed by atoms with E-state index in [4.69, 9.17) is 5.73 Å². The van der Waals surface area contributed by atoms with E-state index in [1.54, 1.807) is 12.1 Å². The summed E-state index contributed by atoms with van der Waals surface area (Å²) in [5.74, 6) is -0.230. The maximum Gasteiger partial charge on any atom is 0.269 e. The SMILES string of the molecule is NC1Cc2ccccc2N(S(=O)(=O)Cc2ccc([N+](=O)[O-])cc2)C1. The molecule has 8 heteroatoms. The van der Waals surface area contributed by atoms with Gasteiger partial charge in [-0.25, -0.2) is 8.42 Å². The molecule has 0 saturated heterocycles. The van der Waals surface area contributed by atoms with Crippen LogP contribution in [-0.4, -0.2) is 25.9 Å². The zero-order chi connectivity index (χ0) is 17.3. The van der Waals surface area contributed by atoms with Gasteiger partial charge in [-0.3, -0.25) is 14.4 Å². The average molecular weight is 347 g/mol. The molecule has 1 atom stereocenters. The number of nitro benzene ring substituents is 1. The van der Waals surface area contributed by atoms with Gasteiger partial charge in [0.25, 0.3) is 5.69 Å². The van der Waals surface area contributed by atoms with Gasteiger partial charge in [-0.2, -0.15) is 0 Å². The number of nitrogens with zero attached hydrogens (tertiary/aromatic N) is 2. The van der Waals surface area contributed by atoms with Gasteiger partial charge < -0.3 is 5.73 Å². The van der Waals surface area contributed by atoms with Gasteiger partial charge in [0.1, 0.15) is 0 Å². The molecule has 2 N–H and O–H groups in total. The smallest absolute Gasteiger partial charge is 0.269 e. The van der Waals surface area contributed by atoms with Crippen LogP contribution in [0.4, 0.5) is 11.4 Å². The Balaban J connectivity index is 1.89. The number of anilines is 1. The Morgan fingerprint density at radius 1 is 1.17 bits per heavy atom. The standard InChI is InChI=1S/C16H17N3O4S/c17-14-9-13-3-1-2-4-16(13)18(10-14)24(22,23)11-12-5-7-15(8-6-12)19(20)21/h1-8,14H,9-11,17H2. The van der Waals surface area contributed by atoms with Gasteiger partial charge in [0.2, 0.25) is 10.0 Å². The highest BCUT2D eigenvalue weighted by Crippen LogP contribution is 2.30. The van der Waals surface area contributed by atoms with Crippen molar-refractivity contribution in [2.45, 2.75) is 18.2 Å². The molecule has 0 fully saturated rings. The topological polar surface area (TPSA) is 107 Å². The van der Waals surface area contributed by atoms with E-state index in [2.05, 4.69) is 0 Å². The molecule has 3 rings (SSSR count). The van der Waals surface area contributed by atoms with Crippen molar-refractivity contribution in [1.82, 2.24) is 0 Å². The van der Waals surface area contributed by atoms with Gasteiger partial charge in [-0.15, -0.1) is 0 Å². The van der Waals surface area contributed by atoms with Crippen LogP contribution in [0.2, 0.25) is 0 Å². The molecule has 1 aliphatic rings. The predicted octanol–water partition coefficient (Wildman–Crippen LogP) is 1.81. The van der Waals surface area contributed by atoms with Crippen molar-refractivity contribution < 1.29 is 13.3 Å². The van der Waals surface area contributed by atoms with Crippen molar-refractivity contribution in [2.24, 2.45) is 5.73 Å². The number of fused-ring (bicyclic) bond motifs is 1. The lowest BCUT2D eigenvalue weighted by Crippen LogP contribution is -2.46. The van der Waals surface area contributed by atoms with Crippen LogP contribution in [0.1, 0.15) is 11.1 Å². The molecule has 1 unspecified atom stereocenters. The summed E-state index contributed by atoms with van der Waals surface area (Å²) >= 11 is 0. The number of benzene rings is 2. The highest BCUT2D eigenvalue weighted by atomic mass is 32.2. The van der Waals surface area contributed by atoms with E-state index in [9.17, 15) is 18.5 Å². The summed E-state index contributed by atoms with van der Waals surface area (Å²) in [6.07, 6.45) is 0.639. The summed E-state index contributed by atoms with van der Waals surface area (Å²) in [6, 6.07) is 12.6. The molecular weight excluding hydrogens is 330 g/mol. The molecule has 0 radical (unpaired) electrons. The maximum absolute atomic E-state index is 12.8. The van der Waals surface area contributed by atoms with Gasteiger partial charge in [0, 0.05) is 24.7 Å². The van der Waals surface area contributed by atoms with Crippen molar-refractivity contribution in [3.05, 3.63) is 69.8 Å². The number of rotatable bonds is 4. The van der Waals surface area contributed by atoms with E-state index >= 15 is 0 Å². The number of sulfonamides is 1. The Bertz CT molecular complexity index is 865. The second-order valence-electron chi connectivity index (χ2n) is 5.80. The summed E-state index contributed by atoms with van der Waals surface area (Å²) in [5.41, 5.74) is 7.99. The van der Waals surface area contributed by atoms with Gasteiger partial charge in [0.15, 0.2) is 0 Å². The zero-order valence-corrected chi connectivity index (χ0v) is 13.6. The summed E-state index contributed by atoms with van der Waals surface area (Å²) < 4.78 is 27.0. The van der Waals surface area contributed by atoms with Crippen LogP contribution < -0.4 is 10.0 Å². The van der Waals surface area contributed by atoms with E-state index in [1.807, 2.05) is 12.1 Å². The molecular formula is C16H17N3O4S. The van der Waals surface area contributed by atoms with Gasteiger partial charge >= 0.3 is 0 Å². The molecule has 126 valence electrons. The van der Waals surface area contributed by atoms with Gasteiger partial charge in [-0.1, -0.05) is 30.3 Å². The highest BCUT2D eigenvalue weighted by Gasteiger charge is 2.30. The van der Waals surface area contributed by atoms with Crippen LogP contribution in [-0.2, 0) is 22.2 Å². The van der Waals surface area contributed by atoms with E-state index in [0.29, 0.717) is 17.7 Å². The van der Waals surface area contributed by atoms with Gasteiger partial charge in [-0.05, 0) is 23.6 Å². The highest BCUT2D eigenvalue weighted by molar-refractivity contribution is 7.92. The molecule has 2 aromatic rings. The quantitative estimate of drug-likeness (QED) is 0.670. The van der Waals surface area contributed by atoms with Crippen molar-refractivity contribution >= 4 is 21.4 Å². The lowest BCUT2D eigenvalue weighted by molar-refractivity contribution is -0.384. The Kier molecular flexibility index (Phi) is 4.25. The summed E-state index contributed by atoms with van der Waals surface area (Å²) in [5, 5.41) is 10.7. The number of para-hydroxylation sites is 1. The van der Waals surface area contributed by atoms with Crippen molar-refractivity contribution in [3.63, 3.8) is 0 Å². The van der Waals surface area contributed by atoms with Crippen LogP contribution >= 0.6 is 0 Å². The first-order valence-electron chi connectivity index (χ1n) is 7.44. The fourth-order valence-electron chi connectivity index (χ4n) is 2.85. The minimum absolute atomic E-state index is 0.0681. The fraction of sp³-hybridized carbons (Fsp3) is 0.250. The van der Waals surface area contributed by atoms with E-state index in [-0.39, 0.29) is 24.0 Å². The van der Waals surface area contributed by atoms with Crippen molar-refractivity contribution in [3.8, 4) is 0 Å². The number of nitro groups is 1. The molecule has 0 amide bonds. The Morgan fingerprint density at radius 3 is 2.50 bits per heavy atom. The number of non-ortho nitro benzene ring substituents is 1. The normalized spacial score (nSPS) is 17.4. The van der Waals surface area contributed by atoms with Crippen LogP contribution in [0.25, 0.3) is 0 Å². The van der Waals surface area contributed by atoms with Crippen LogP contribution in [0.15, 0.2) is 48.5 Å². The van der Waals surface area contributed by atoms with Crippen LogP contribution in [0.5, 0.6) is 0 Å². The first-order chi connectivity index (χ1) is 11.4. The molecule has 0 aliphatic carbocycles. The first-order valence-corrected chi connectivity index (χ1v) is 9.05. The molecule has 0 aromatic heterocycles. The van der Waals surface area contributed by atoms with Gasteiger partial charge in [0.05, 0.1) is 16.4 Å². The van der Waals surface area contributed by atoms with Crippen molar-refractivity contribution in [1.29, 1.82) is 0 Å². The number of hydrogen-bond acceptors (Lipinski definition) is 5.